The van der Waals surface area contributed by atoms with Crippen molar-refractivity contribution in [3.05, 3.63) is 35.4 Å². The van der Waals surface area contributed by atoms with Gasteiger partial charge >= 0.3 is 5.97 Å². The van der Waals surface area contributed by atoms with Gasteiger partial charge in [-0.1, -0.05) is 0 Å². The maximum atomic E-state index is 12.9. The second kappa shape index (κ2) is 7.73. The molecular weight excluding hydrogens is 276 g/mol. The molecule has 0 aliphatic heterocycles. The summed E-state index contributed by atoms with van der Waals surface area (Å²) in [6.07, 6.45) is 0.310. The van der Waals surface area contributed by atoms with Crippen LogP contribution in [0.1, 0.15) is 5.56 Å². The van der Waals surface area contributed by atoms with Gasteiger partial charge in [-0.25, -0.2) is 8.78 Å². The van der Waals surface area contributed by atoms with Crippen LogP contribution in [-0.2, 0) is 16.0 Å². The molecule has 0 spiro atoms. The molecule has 1 amide bonds. The van der Waals surface area contributed by atoms with Gasteiger partial charge in [0.25, 0.3) is 0 Å². The van der Waals surface area contributed by atoms with Gasteiger partial charge in [-0.3, -0.25) is 9.59 Å². The van der Waals surface area contributed by atoms with Crippen molar-refractivity contribution in [3.8, 4) is 0 Å². The van der Waals surface area contributed by atoms with Gasteiger partial charge in [-0.05, 0) is 24.1 Å². The summed E-state index contributed by atoms with van der Waals surface area (Å²) >= 11 is 0.989. The molecule has 19 heavy (non-hydrogen) atoms. The molecule has 0 radical (unpaired) electrons. The average Bonchev–Trinajstić information content (AvgIpc) is 2.27. The van der Waals surface area contributed by atoms with Crippen molar-refractivity contribution < 1.29 is 23.5 Å². The largest absolute Gasteiger partial charge is 0.481 e. The molecule has 1 aromatic rings. The molecule has 7 heteroatoms. The van der Waals surface area contributed by atoms with Crippen LogP contribution >= 0.6 is 11.8 Å². The fraction of sp³-hybridized carbons (Fsp3) is 0.333. The molecule has 2 N–H and O–H groups in total. The minimum absolute atomic E-state index is 0.0454. The first kappa shape index (κ1) is 15.4. The molecule has 0 saturated heterocycles. The van der Waals surface area contributed by atoms with Crippen LogP contribution in [0, 0.1) is 11.6 Å². The summed E-state index contributed by atoms with van der Waals surface area (Å²) in [4.78, 5) is 21.5. The minimum Gasteiger partial charge on any atom is -0.481 e. The lowest BCUT2D eigenvalue weighted by molar-refractivity contribution is -0.133. The Morgan fingerprint density at radius 2 is 1.79 bits per heavy atom. The Morgan fingerprint density at radius 1 is 1.16 bits per heavy atom. The zero-order valence-corrected chi connectivity index (χ0v) is 10.8. The third-order valence-corrected chi connectivity index (χ3v) is 3.03. The number of rotatable bonds is 7. The highest BCUT2D eigenvalue weighted by Crippen LogP contribution is 2.08. The topological polar surface area (TPSA) is 66.4 Å². The summed E-state index contributed by atoms with van der Waals surface area (Å²) in [7, 11) is 0. The van der Waals surface area contributed by atoms with Crippen LogP contribution < -0.4 is 5.32 Å². The number of carboxylic acid groups (broad SMARTS) is 1. The molecule has 0 atom stereocenters. The predicted molar refractivity (Wildman–Crippen MR) is 68.0 cm³/mol. The third kappa shape index (κ3) is 6.76. The van der Waals surface area contributed by atoms with Gasteiger partial charge in [0.1, 0.15) is 11.6 Å². The van der Waals surface area contributed by atoms with Crippen LogP contribution in [0.4, 0.5) is 8.78 Å². The lowest BCUT2D eigenvalue weighted by atomic mass is 10.1. The molecule has 1 rings (SSSR count). The summed E-state index contributed by atoms with van der Waals surface area (Å²) < 4.78 is 25.7. The van der Waals surface area contributed by atoms with Crippen molar-refractivity contribution in [2.45, 2.75) is 6.42 Å². The number of hydrogen-bond acceptors (Lipinski definition) is 3. The molecule has 0 aromatic heterocycles. The number of carbonyl (C=O) groups excluding carboxylic acids is 1. The van der Waals surface area contributed by atoms with Crippen LogP contribution in [0.2, 0.25) is 0 Å². The van der Waals surface area contributed by atoms with Crippen LogP contribution in [0.25, 0.3) is 0 Å². The standard InChI is InChI=1S/C12H13F2NO3S/c13-9-3-8(4-10(14)5-9)1-2-15-11(16)6-19-7-12(17)18/h3-5H,1-2,6-7H2,(H,15,16)(H,17,18). The Hall–Kier alpha value is -1.63. The van der Waals surface area contributed by atoms with E-state index < -0.39 is 17.6 Å². The number of carbonyl (C=O) groups is 2. The molecule has 1 aromatic carbocycles. The van der Waals surface area contributed by atoms with Crippen molar-refractivity contribution in [2.75, 3.05) is 18.1 Å². The Kier molecular flexibility index (Phi) is 6.27. The lowest BCUT2D eigenvalue weighted by Gasteiger charge is -2.05. The first-order chi connectivity index (χ1) is 8.97. The molecule has 0 aliphatic carbocycles. The number of carboxylic acids is 1. The number of thioether (sulfide) groups is 1. The summed E-state index contributed by atoms with van der Waals surface area (Å²) in [5.74, 6) is -2.68. The predicted octanol–water partition coefficient (Wildman–Crippen LogP) is 1.44. The Balaban J connectivity index is 2.26. The number of hydrogen-bond donors (Lipinski definition) is 2. The maximum absolute atomic E-state index is 12.9. The summed E-state index contributed by atoms with van der Waals surface area (Å²) in [6.45, 7) is 0.245. The SMILES string of the molecule is O=C(O)CSCC(=O)NCCc1cc(F)cc(F)c1. The van der Waals surface area contributed by atoms with E-state index in [4.69, 9.17) is 5.11 Å². The fourth-order valence-corrected chi connectivity index (χ4v) is 1.95. The van der Waals surface area contributed by atoms with Crippen LogP contribution in [-0.4, -0.2) is 35.0 Å². The van der Waals surface area contributed by atoms with Gasteiger partial charge in [0.2, 0.25) is 5.91 Å². The quantitative estimate of drug-likeness (QED) is 0.797. The second-order valence-corrected chi connectivity index (χ2v) is 4.75. The first-order valence-electron chi connectivity index (χ1n) is 5.48. The fourth-order valence-electron chi connectivity index (χ4n) is 1.38. The highest BCUT2D eigenvalue weighted by atomic mass is 32.2. The van der Waals surface area contributed by atoms with Gasteiger partial charge in [-0.15, -0.1) is 11.8 Å². The molecule has 0 heterocycles. The highest BCUT2D eigenvalue weighted by molar-refractivity contribution is 8.00. The van der Waals surface area contributed by atoms with Crippen LogP contribution in [0.15, 0.2) is 18.2 Å². The van der Waals surface area contributed by atoms with Gasteiger partial charge in [0.05, 0.1) is 11.5 Å². The van der Waals surface area contributed by atoms with Gasteiger partial charge in [0, 0.05) is 12.6 Å². The number of benzene rings is 1. The van der Waals surface area contributed by atoms with E-state index in [1.807, 2.05) is 0 Å². The molecule has 0 unspecified atom stereocenters. The van der Waals surface area contributed by atoms with Crippen LogP contribution in [0.3, 0.4) is 0 Å². The molecule has 0 fully saturated rings. The van der Waals surface area contributed by atoms with Crippen molar-refractivity contribution in [3.63, 3.8) is 0 Å². The van der Waals surface area contributed by atoms with E-state index >= 15 is 0 Å². The molecule has 104 valence electrons. The third-order valence-electron chi connectivity index (χ3n) is 2.12. The highest BCUT2D eigenvalue weighted by Gasteiger charge is 2.05. The van der Waals surface area contributed by atoms with E-state index in [2.05, 4.69) is 5.32 Å². The Labute approximate surface area is 113 Å². The summed E-state index contributed by atoms with van der Waals surface area (Å²) in [6, 6.07) is 3.19. The zero-order chi connectivity index (χ0) is 14.3. The maximum Gasteiger partial charge on any atom is 0.313 e. The van der Waals surface area contributed by atoms with Gasteiger partial charge < -0.3 is 10.4 Å². The molecular formula is C12H13F2NO3S. The first-order valence-corrected chi connectivity index (χ1v) is 6.64. The Bertz CT molecular complexity index is 448. The van der Waals surface area contributed by atoms with E-state index in [1.165, 1.54) is 12.1 Å². The van der Waals surface area contributed by atoms with E-state index in [9.17, 15) is 18.4 Å². The van der Waals surface area contributed by atoms with Crippen molar-refractivity contribution in [1.82, 2.24) is 5.32 Å². The van der Waals surface area contributed by atoms with E-state index in [1.54, 1.807) is 0 Å². The van der Waals surface area contributed by atoms with Gasteiger partial charge in [-0.2, -0.15) is 0 Å². The summed E-state index contributed by atoms with van der Waals surface area (Å²) in [5, 5.41) is 10.9. The van der Waals surface area contributed by atoms with Crippen molar-refractivity contribution in [1.29, 1.82) is 0 Å². The van der Waals surface area contributed by atoms with Gasteiger partial charge in [0.15, 0.2) is 0 Å². The number of amides is 1. The van der Waals surface area contributed by atoms with Crippen LogP contribution in [0.5, 0.6) is 0 Å². The summed E-state index contributed by atoms with van der Waals surface area (Å²) in [5.41, 5.74) is 0.455. The number of nitrogens with one attached hydrogen (secondary N) is 1. The van der Waals surface area contributed by atoms with E-state index in [-0.39, 0.29) is 24.0 Å². The van der Waals surface area contributed by atoms with Crippen molar-refractivity contribution >= 4 is 23.6 Å². The normalized spacial score (nSPS) is 10.2. The lowest BCUT2D eigenvalue weighted by Crippen LogP contribution is -2.27. The van der Waals surface area contributed by atoms with E-state index in [0.717, 1.165) is 17.8 Å². The molecule has 0 aliphatic rings. The Morgan fingerprint density at radius 3 is 2.37 bits per heavy atom. The molecule has 0 bridgehead atoms. The number of halogens is 2. The molecule has 4 nitrogen and oxygen atoms in total. The average molecular weight is 289 g/mol. The second-order valence-electron chi connectivity index (χ2n) is 3.76. The van der Waals surface area contributed by atoms with Crippen molar-refractivity contribution in [2.24, 2.45) is 0 Å². The smallest absolute Gasteiger partial charge is 0.313 e. The minimum atomic E-state index is -0.979. The molecule has 0 saturated carbocycles. The monoisotopic (exact) mass is 289 g/mol. The number of aliphatic carboxylic acids is 1. The van der Waals surface area contributed by atoms with E-state index in [0.29, 0.717) is 12.0 Å². The zero-order valence-electron chi connectivity index (χ0n) is 9.99.